The Labute approximate surface area is 41.9 Å². The highest BCUT2D eigenvalue weighted by molar-refractivity contribution is 6.22. The highest BCUT2D eigenvalue weighted by Crippen LogP contribution is 2.34. The van der Waals surface area contributed by atoms with E-state index in [2.05, 4.69) is 0 Å². The van der Waals surface area contributed by atoms with Gasteiger partial charge in [-0.2, -0.15) is 0 Å². The van der Waals surface area contributed by atoms with Gasteiger partial charge in [-0.3, -0.25) is 0 Å². The highest BCUT2D eigenvalue weighted by Gasteiger charge is 2.33. The second-order valence-corrected chi connectivity index (χ2v) is 2.25. The summed E-state index contributed by atoms with van der Waals surface area (Å²) in [6.07, 6.45) is 1.01. The fourth-order valence-electron chi connectivity index (χ4n) is 0.400. The fourth-order valence-corrected chi connectivity index (χ4v) is 0.708. The summed E-state index contributed by atoms with van der Waals surface area (Å²) in [6, 6.07) is 0. The zero-order valence-electron chi connectivity index (χ0n) is 3.39. The smallest absolute Gasteiger partial charge is 0.0473 e. The molecular formula is C4H7ClO. The molecule has 2 heteroatoms. The van der Waals surface area contributed by atoms with Gasteiger partial charge in [-0.15, -0.1) is 11.6 Å². The molecule has 36 valence electrons. The average molecular weight is 107 g/mol. The number of aliphatic hydroxyl groups excluding tert-OH is 1. The minimum Gasteiger partial charge on any atom is -0.396 e. The minimum absolute atomic E-state index is 0.272. The summed E-state index contributed by atoms with van der Waals surface area (Å²) in [5, 5.41) is 8.58. The van der Waals surface area contributed by atoms with Gasteiger partial charge in [0.2, 0.25) is 0 Å². The number of halogens is 1. The molecule has 0 aromatic heterocycles. The van der Waals surface area contributed by atoms with Gasteiger partial charge in [-0.1, -0.05) is 0 Å². The maximum absolute atomic E-state index is 8.29. The van der Waals surface area contributed by atoms with Gasteiger partial charge in [-0.25, -0.2) is 0 Å². The molecule has 0 radical (unpaired) electrons. The topological polar surface area (TPSA) is 20.2 Å². The zero-order valence-corrected chi connectivity index (χ0v) is 4.15. The first-order chi connectivity index (χ1) is 2.84. The number of aliphatic hydroxyl groups is 1. The predicted octanol–water partition coefficient (Wildman–Crippen LogP) is 0.606. The van der Waals surface area contributed by atoms with Crippen LogP contribution in [0.25, 0.3) is 0 Å². The van der Waals surface area contributed by atoms with E-state index in [1.165, 1.54) is 0 Å². The molecule has 1 aliphatic carbocycles. The van der Waals surface area contributed by atoms with Gasteiger partial charge in [0.15, 0.2) is 0 Å². The van der Waals surface area contributed by atoms with Gasteiger partial charge in [-0.05, 0) is 12.3 Å². The standard InChI is InChI=1S/C4H7ClO/c5-4-1-3(4)2-6/h3-4,6H,1-2H2/t3-,4-/m1/s1. The lowest BCUT2D eigenvalue weighted by Gasteiger charge is -1.77. The summed E-state index contributed by atoms with van der Waals surface area (Å²) in [7, 11) is 0. The molecule has 1 saturated carbocycles. The van der Waals surface area contributed by atoms with Crippen LogP contribution in [-0.4, -0.2) is 17.1 Å². The molecule has 1 N–H and O–H groups in total. The Morgan fingerprint density at radius 3 is 2.33 bits per heavy atom. The molecular weight excluding hydrogens is 99.5 g/mol. The molecule has 1 fully saturated rings. The molecule has 0 spiro atoms. The quantitative estimate of drug-likeness (QED) is 0.486. The Kier molecular flexibility index (Phi) is 1.02. The van der Waals surface area contributed by atoms with E-state index in [0.717, 1.165) is 6.42 Å². The summed E-state index contributed by atoms with van der Waals surface area (Å²) >= 11 is 5.49. The maximum atomic E-state index is 8.29. The van der Waals surface area contributed by atoms with Crippen molar-refractivity contribution >= 4 is 11.6 Å². The van der Waals surface area contributed by atoms with Crippen LogP contribution >= 0.6 is 11.6 Å². The van der Waals surface area contributed by atoms with Crippen molar-refractivity contribution < 1.29 is 5.11 Å². The van der Waals surface area contributed by atoms with Crippen molar-refractivity contribution in [3.05, 3.63) is 0 Å². The third-order valence-electron chi connectivity index (χ3n) is 1.07. The van der Waals surface area contributed by atoms with Crippen LogP contribution in [0.5, 0.6) is 0 Å². The largest absolute Gasteiger partial charge is 0.396 e. The van der Waals surface area contributed by atoms with Crippen molar-refractivity contribution in [1.29, 1.82) is 0 Å². The van der Waals surface area contributed by atoms with E-state index in [1.54, 1.807) is 0 Å². The second kappa shape index (κ2) is 1.39. The van der Waals surface area contributed by atoms with Crippen LogP contribution in [0.1, 0.15) is 6.42 Å². The van der Waals surface area contributed by atoms with Gasteiger partial charge in [0, 0.05) is 12.0 Å². The van der Waals surface area contributed by atoms with E-state index >= 15 is 0 Å². The van der Waals surface area contributed by atoms with Gasteiger partial charge in [0.1, 0.15) is 0 Å². The number of alkyl halides is 1. The van der Waals surface area contributed by atoms with Crippen LogP contribution in [0, 0.1) is 5.92 Å². The lowest BCUT2D eigenvalue weighted by molar-refractivity contribution is 0.277. The molecule has 0 heterocycles. The first-order valence-electron chi connectivity index (χ1n) is 2.09. The van der Waals surface area contributed by atoms with Crippen molar-refractivity contribution in [2.45, 2.75) is 11.8 Å². The predicted molar refractivity (Wildman–Crippen MR) is 24.8 cm³/mol. The third-order valence-corrected chi connectivity index (χ3v) is 1.61. The Balaban J connectivity index is 2.09. The molecule has 0 aromatic rings. The Morgan fingerprint density at radius 2 is 2.33 bits per heavy atom. The molecule has 1 rings (SSSR count). The summed E-state index contributed by atoms with van der Waals surface area (Å²) < 4.78 is 0. The SMILES string of the molecule is OC[C@H]1C[C@H]1Cl. The van der Waals surface area contributed by atoms with Gasteiger partial charge >= 0.3 is 0 Å². The lowest BCUT2D eigenvalue weighted by atomic mass is 10.5. The average Bonchev–Trinajstić information content (AvgIpc) is 2.19. The van der Waals surface area contributed by atoms with E-state index in [1.807, 2.05) is 0 Å². The molecule has 1 nitrogen and oxygen atoms in total. The molecule has 1 aliphatic rings. The van der Waals surface area contributed by atoms with Crippen LogP contribution in [0.15, 0.2) is 0 Å². The van der Waals surface area contributed by atoms with E-state index in [4.69, 9.17) is 16.7 Å². The Morgan fingerprint density at radius 1 is 1.83 bits per heavy atom. The molecule has 0 aromatic carbocycles. The molecule has 0 aliphatic heterocycles. The summed E-state index contributed by atoms with van der Waals surface area (Å²) in [4.78, 5) is 0. The lowest BCUT2D eigenvalue weighted by Crippen LogP contribution is -1.84. The van der Waals surface area contributed by atoms with Gasteiger partial charge in [0.05, 0.1) is 0 Å². The summed E-state index contributed by atoms with van der Waals surface area (Å²) in [6.45, 7) is 0.272. The number of hydrogen-bond acceptors (Lipinski definition) is 1. The van der Waals surface area contributed by atoms with E-state index in [9.17, 15) is 0 Å². The van der Waals surface area contributed by atoms with Crippen LogP contribution in [0.3, 0.4) is 0 Å². The van der Waals surface area contributed by atoms with E-state index < -0.39 is 0 Å². The highest BCUT2D eigenvalue weighted by atomic mass is 35.5. The second-order valence-electron chi connectivity index (χ2n) is 1.69. The van der Waals surface area contributed by atoms with Crippen LogP contribution < -0.4 is 0 Å². The molecule has 6 heavy (non-hydrogen) atoms. The van der Waals surface area contributed by atoms with Crippen molar-refractivity contribution in [2.75, 3.05) is 6.61 Å². The van der Waals surface area contributed by atoms with Crippen LogP contribution in [-0.2, 0) is 0 Å². The first kappa shape index (κ1) is 4.41. The number of hydrogen-bond donors (Lipinski definition) is 1. The number of rotatable bonds is 1. The van der Waals surface area contributed by atoms with Crippen molar-refractivity contribution in [3.8, 4) is 0 Å². The van der Waals surface area contributed by atoms with Crippen LogP contribution in [0.4, 0.5) is 0 Å². The Bertz CT molecular complexity index is 53.5. The van der Waals surface area contributed by atoms with Gasteiger partial charge < -0.3 is 5.11 Å². The molecule has 0 saturated heterocycles. The van der Waals surface area contributed by atoms with Crippen LogP contribution in [0.2, 0.25) is 0 Å². The monoisotopic (exact) mass is 106 g/mol. The van der Waals surface area contributed by atoms with E-state index in [0.29, 0.717) is 5.92 Å². The normalized spacial score (nSPS) is 43.0. The first-order valence-corrected chi connectivity index (χ1v) is 2.53. The molecule has 0 unspecified atom stereocenters. The summed E-state index contributed by atoms with van der Waals surface area (Å²) in [5.74, 6) is 0.423. The third kappa shape index (κ3) is 0.660. The van der Waals surface area contributed by atoms with Gasteiger partial charge in [0.25, 0.3) is 0 Å². The van der Waals surface area contributed by atoms with Crippen molar-refractivity contribution in [1.82, 2.24) is 0 Å². The minimum atomic E-state index is 0.272. The maximum Gasteiger partial charge on any atom is 0.0473 e. The zero-order chi connectivity index (χ0) is 4.57. The molecule has 0 bridgehead atoms. The Hall–Kier alpha value is 0.250. The summed E-state index contributed by atoms with van der Waals surface area (Å²) in [5.41, 5.74) is 0. The van der Waals surface area contributed by atoms with Crippen molar-refractivity contribution in [3.63, 3.8) is 0 Å². The fraction of sp³-hybridized carbons (Fsp3) is 1.00. The van der Waals surface area contributed by atoms with E-state index in [-0.39, 0.29) is 12.0 Å². The molecule has 0 amide bonds. The molecule has 2 atom stereocenters. The van der Waals surface area contributed by atoms with Crippen molar-refractivity contribution in [2.24, 2.45) is 5.92 Å².